The molecule has 0 bridgehead atoms. The number of rotatable bonds is 6. The summed E-state index contributed by atoms with van der Waals surface area (Å²) in [4.78, 5) is 0. The molecule has 0 saturated heterocycles. The molecule has 0 spiro atoms. The predicted molar refractivity (Wildman–Crippen MR) is 47.7 cm³/mol. The summed E-state index contributed by atoms with van der Waals surface area (Å²) in [6, 6.07) is 0. The third-order valence-corrected chi connectivity index (χ3v) is 2.09. The minimum absolute atomic E-state index is 0.681. The molecule has 1 N–H and O–H groups in total. The molecule has 0 radical (unpaired) electrons. The second kappa shape index (κ2) is 7.36. The number of halogens is 1. The van der Waals surface area contributed by atoms with Crippen LogP contribution in [0.4, 0.5) is 0 Å². The average Bonchev–Trinajstić information content (AvgIpc) is 1.98. The molecule has 1 atom stereocenters. The fraction of sp³-hybridized carbons (Fsp3) is 1.00. The normalized spacial score (nSPS) is 13.5. The van der Waals surface area contributed by atoms with Crippen LogP contribution in [-0.2, 0) is 0 Å². The first-order valence-electron chi connectivity index (χ1n) is 4.08. The lowest BCUT2D eigenvalue weighted by Crippen LogP contribution is -2.14. The van der Waals surface area contributed by atoms with Crippen LogP contribution in [-0.4, -0.2) is 19.0 Å². The number of hydrogen-bond donors (Lipinski definition) is 1. The SMILES string of the molecule is CCNCCCC(C)CCl. The Kier molecular flexibility index (Phi) is 7.54. The van der Waals surface area contributed by atoms with Crippen molar-refractivity contribution in [2.24, 2.45) is 5.92 Å². The molecule has 10 heavy (non-hydrogen) atoms. The topological polar surface area (TPSA) is 12.0 Å². The van der Waals surface area contributed by atoms with Gasteiger partial charge in [0, 0.05) is 5.88 Å². The van der Waals surface area contributed by atoms with E-state index in [0.29, 0.717) is 5.92 Å². The summed E-state index contributed by atoms with van der Waals surface area (Å²) in [7, 11) is 0. The highest BCUT2D eigenvalue weighted by Crippen LogP contribution is 2.05. The van der Waals surface area contributed by atoms with Gasteiger partial charge >= 0.3 is 0 Å². The molecule has 0 aromatic heterocycles. The summed E-state index contributed by atoms with van der Waals surface area (Å²) in [5, 5.41) is 3.28. The average molecular weight is 164 g/mol. The van der Waals surface area contributed by atoms with Crippen LogP contribution in [0.5, 0.6) is 0 Å². The fourth-order valence-electron chi connectivity index (χ4n) is 0.829. The maximum atomic E-state index is 5.64. The van der Waals surface area contributed by atoms with Gasteiger partial charge in [-0.25, -0.2) is 0 Å². The fourth-order valence-corrected chi connectivity index (χ4v) is 0.984. The smallest absolute Gasteiger partial charge is 0.0249 e. The van der Waals surface area contributed by atoms with E-state index in [9.17, 15) is 0 Å². The van der Waals surface area contributed by atoms with E-state index >= 15 is 0 Å². The van der Waals surface area contributed by atoms with Crippen molar-refractivity contribution in [3.8, 4) is 0 Å². The molecular formula is C8H18ClN. The summed E-state index contributed by atoms with van der Waals surface area (Å²) in [5.41, 5.74) is 0. The molecule has 0 aromatic rings. The van der Waals surface area contributed by atoms with E-state index in [1.165, 1.54) is 12.8 Å². The van der Waals surface area contributed by atoms with Gasteiger partial charge in [0.2, 0.25) is 0 Å². The number of alkyl halides is 1. The second-order valence-corrected chi connectivity index (χ2v) is 3.06. The molecule has 0 aromatic carbocycles. The minimum Gasteiger partial charge on any atom is -0.317 e. The van der Waals surface area contributed by atoms with Crippen LogP contribution in [0, 0.1) is 5.92 Å². The van der Waals surface area contributed by atoms with Gasteiger partial charge in [0.05, 0.1) is 0 Å². The maximum Gasteiger partial charge on any atom is 0.0249 e. The molecule has 0 rings (SSSR count). The predicted octanol–water partition coefficient (Wildman–Crippen LogP) is 2.25. The Morgan fingerprint density at radius 3 is 2.70 bits per heavy atom. The summed E-state index contributed by atoms with van der Waals surface area (Å²) >= 11 is 5.64. The number of nitrogens with one attached hydrogen (secondary N) is 1. The quantitative estimate of drug-likeness (QED) is 0.468. The second-order valence-electron chi connectivity index (χ2n) is 2.76. The first-order valence-corrected chi connectivity index (χ1v) is 4.61. The standard InChI is InChI=1S/C8H18ClN/c1-3-10-6-4-5-8(2)7-9/h8,10H,3-7H2,1-2H3. The van der Waals surface area contributed by atoms with Crippen molar-refractivity contribution < 1.29 is 0 Å². The van der Waals surface area contributed by atoms with Gasteiger partial charge in [0.1, 0.15) is 0 Å². The molecule has 1 unspecified atom stereocenters. The summed E-state index contributed by atoms with van der Waals surface area (Å²) in [5.74, 6) is 1.48. The van der Waals surface area contributed by atoms with Gasteiger partial charge in [-0.3, -0.25) is 0 Å². The van der Waals surface area contributed by atoms with Gasteiger partial charge in [0.15, 0.2) is 0 Å². The van der Waals surface area contributed by atoms with Crippen LogP contribution in [0.3, 0.4) is 0 Å². The summed E-state index contributed by atoms with van der Waals surface area (Å²) in [6.45, 7) is 6.54. The zero-order chi connectivity index (χ0) is 7.82. The van der Waals surface area contributed by atoms with Gasteiger partial charge in [-0.15, -0.1) is 11.6 Å². The molecule has 0 aliphatic rings. The molecule has 1 nitrogen and oxygen atoms in total. The molecule has 0 heterocycles. The first kappa shape index (κ1) is 10.2. The van der Waals surface area contributed by atoms with Crippen molar-refractivity contribution in [3.05, 3.63) is 0 Å². The zero-order valence-electron chi connectivity index (χ0n) is 6.99. The van der Waals surface area contributed by atoms with E-state index in [1.54, 1.807) is 0 Å². The lowest BCUT2D eigenvalue weighted by atomic mass is 10.1. The molecule has 0 fully saturated rings. The van der Waals surface area contributed by atoms with Crippen LogP contribution in [0.1, 0.15) is 26.7 Å². The van der Waals surface area contributed by atoms with E-state index in [-0.39, 0.29) is 0 Å². The lowest BCUT2D eigenvalue weighted by molar-refractivity contribution is 0.537. The highest BCUT2D eigenvalue weighted by molar-refractivity contribution is 6.18. The van der Waals surface area contributed by atoms with E-state index in [0.717, 1.165) is 19.0 Å². The largest absolute Gasteiger partial charge is 0.317 e. The Morgan fingerprint density at radius 1 is 1.50 bits per heavy atom. The number of hydrogen-bond acceptors (Lipinski definition) is 1. The lowest BCUT2D eigenvalue weighted by Gasteiger charge is -2.06. The van der Waals surface area contributed by atoms with Gasteiger partial charge in [-0.05, 0) is 31.8 Å². The minimum atomic E-state index is 0.681. The zero-order valence-corrected chi connectivity index (χ0v) is 7.75. The highest BCUT2D eigenvalue weighted by Gasteiger charge is 1.97. The Balaban J connectivity index is 2.89. The van der Waals surface area contributed by atoms with Crippen LogP contribution in [0.25, 0.3) is 0 Å². The maximum absolute atomic E-state index is 5.64. The van der Waals surface area contributed by atoms with Gasteiger partial charge < -0.3 is 5.32 Å². The van der Waals surface area contributed by atoms with Gasteiger partial charge in [0.25, 0.3) is 0 Å². The summed E-state index contributed by atoms with van der Waals surface area (Å²) < 4.78 is 0. The third kappa shape index (κ3) is 6.37. The van der Waals surface area contributed by atoms with Crippen LogP contribution in [0.15, 0.2) is 0 Å². The van der Waals surface area contributed by atoms with E-state index < -0.39 is 0 Å². The Labute approximate surface area is 69.1 Å². The molecule has 0 aliphatic carbocycles. The molecule has 0 aliphatic heterocycles. The summed E-state index contributed by atoms with van der Waals surface area (Å²) in [6.07, 6.45) is 2.50. The van der Waals surface area contributed by atoms with Crippen molar-refractivity contribution in [2.75, 3.05) is 19.0 Å². The Morgan fingerprint density at radius 2 is 2.20 bits per heavy atom. The van der Waals surface area contributed by atoms with Crippen molar-refractivity contribution in [1.29, 1.82) is 0 Å². The first-order chi connectivity index (χ1) is 4.81. The van der Waals surface area contributed by atoms with Crippen molar-refractivity contribution in [2.45, 2.75) is 26.7 Å². The van der Waals surface area contributed by atoms with Gasteiger partial charge in [-0.1, -0.05) is 13.8 Å². The van der Waals surface area contributed by atoms with Gasteiger partial charge in [-0.2, -0.15) is 0 Å². The van der Waals surface area contributed by atoms with Crippen LogP contribution < -0.4 is 5.32 Å². The molecule has 0 saturated carbocycles. The van der Waals surface area contributed by atoms with Crippen molar-refractivity contribution >= 4 is 11.6 Å². The molecule has 2 heteroatoms. The van der Waals surface area contributed by atoms with Crippen molar-refractivity contribution in [3.63, 3.8) is 0 Å². The van der Waals surface area contributed by atoms with E-state index in [1.807, 2.05) is 0 Å². The third-order valence-electron chi connectivity index (χ3n) is 1.56. The Bertz CT molecular complexity index is 66.3. The van der Waals surface area contributed by atoms with Crippen LogP contribution in [0.2, 0.25) is 0 Å². The van der Waals surface area contributed by atoms with E-state index in [2.05, 4.69) is 19.2 Å². The molecular weight excluding hydrogens is 146 g/mol. The van der Waals surface area contributed by atoms with Crippen molar-refractivity contribution in [1.82, 2.24) is 5.32 Å². The van der Waals surface area contributed by atoms with Crippen LogP contribution >= 0.6 is 11.6 Å². The molecule has 0 amide bonds. The molecule has 62 valence electrons. The van der Waals surface area contributed by atoms with E-state index in [4.69, 9.17) is 11.6 Å². The highest BCUT2D eigenvalue weighted by atomic mass is 35.5. The monoisotopic (exact) mass is 163 g/mol. The Hall–Kier alpha value is 0.250.